The van der Waals surface area contributed by atoms with E-state index in [0.717, 1.165) is 22.1 Å². The van der Waals surface area contributed by atoms with Crippen molar-refractivity contribution in [3.63, 3.8) is 0 Å². The minimum absolute atomic E-state index is 0.226. The molecular formula is C16H17ClO3. The number of ether oxygens (including phenoxy) is 1. The molecule has 0 bridgehead atoms. The first-order valence-electron chi connectivity index (χ1n) is 6.47. The van der Waals surface area contributed by atoms with Crippen molar-refractivity contribution < 1.29 is 9.15 Å². The van der Waals surface area contributed by atoms with E-state index in [9.17, 15) is 4.79 Å². The van der Waals surface area contributed by atoms with Crippen molar-refractivity contribution in [2.24, 2.45) is 0 Å². The van der Waals surface area contributed by atoms with Gasteiger partial charge in [-0.05, 0) is 38.0 Å². The predicted molar refractivity (Wildman–Crippen MR) is 81.8 cm³/mol. The summed E-state index contributed by atoms with van der Waals surface area (Å²) in [6, 6.07) is 3.77. The highest BCUT2D eigenvalue weighted by molar-refractivity contribution is 6.29. The third-order valence-corrected chi connectivity index (χ3v) is 3.50. The topological polar surface area (TPSA) is 39.4 Å². The highest BCUT2D eigenvalue weighted by atomic mass is 35.5. The van der Waals surface area contributed by atoms with Gasteiger partial charge in [-0.1, -0.05) is 25.1 Å². The summed E-state index contributed by atoms with van der Waals surface area (Å²) in [5, 5.41) is 1.36. The van der Waals surface area contributed by atoms with Gasteiger partial charge < -0.3 is 9.15 Å². The Hall–Kier alpha value is -1.74. The van der Waals surface area contributed by atoms with Crippen LogP contribution in [0.1, 0.15) is 23.6 Å². The first kappa shape index (κ1) is 14.7. The Kier molecular flexibility index (Phi) is 4.19. The molecule has 0 aliphatic carbocycles. The quantitative estimate of drug-likeness (QED) is 0.796. The first-order chi connectivity index (χ1) is 9.45. The first-order valence-corrected chi connectivity index (χ1v) is 6.85. The molecule has 0 radical (unpaired) electrons. The summed E-state index contributed by atoms with van der Waals surface area (Å²) in [6.45, 7) is 9.56. The molecule has 0 amide bonds. The zero-order valence-corrected chi connectivity index (χ0v) is 12.6. The molecule has 0 saturated heterocycles. The van der Waals surface area contributed by atoms with Crippen LogP contribution in [0.2, 0.25) is 0 Å². The van der Waals surface area contributed by atoms with Crippen molar-refractivity contribution in [2.45, 2.75) is 27.2 Å². The van der Waals surface area contributed by atoms with Crippen LogP contribution in [0.15, 0.2) is 33.0 Å². The van der Waals surface area contributed by atoms with Gasteiger partial charge in [0.2, 0.25) is 0 Å². The Labute approximate surface area is 122 Å². The van der Waals surface area contributed by atoms with E-state index in [1.54, 1.807) is 0 Å². The van der Waals surface area contributed by atoms with Crippen molar-refractivity contribution in [3.8, 4) is 5.75 Å². The van der Waals surface area contributed by atoms with E-state index in [-0.39, 0.29) is 12.2 Å². The highest BCUT2D eigenvalue weighted by Gasteiger charge is 2.14. The Morgan fingerprint density at radius 1 is 1.35 bits per heavy atom. The van der Waals surface area contributed by atoms with E-state index in [1.807, 2.05) is 32.9 Å². The lowest BCUT2D eigenvalue weighted by atomic mass is 10.0. The van der Waals surface area contributed by atoms with Crippen molar-refractivity contribution in [1.82, 2.24) is 0 Å². The number of hydrogen-bond acceptors (Lipinski definition) is 3. The molecule has 0 aliphatic rings. The van der Waals surface area contributed by atoms with Crippen LogP contribution in [0.5, 0.6) is 5.75 Å². The molecule has 0 N–H and O–H groups in total. The zero-order valence-electron chi connectivity index (χ0n) is 11.9. The van der Waals surface area contributed by atoms with Gasteiger partial charge in [0.25, 0.3) is 0 Å². The zero-order chi connectivity index (χ0) is 14.9. The molecular weight excluding hydrogens is 276 g/mol. The second-order valence-corrected chi connectivity index (χ2v) is 5.25. The van der Waals surface area contributed by atoms with E-state index < -0.39 is 0 Å². The minimum atomic E-state index is -0.278. The minimum Gasteiger partial charge on any atom is -0.488 e. The maximum Gasteiger partial charge on any atom is 0.339 e. The van der Waals surface area contributed by atoms with Gasteiger partial charge in [-0.25, -0.2) is 4.79 Å². The molecule has 2 rings (SSSR count). The Balaban J connectivity index is 2.62. The molecule has 20 heavy (non-hydrogen) atoms. The number of hydrogen-bond donors (Lipinski definition) is 0. The summed E-state index contributed by atoms with van der Waals surface area (Å²) < 4.78 is 11.0. The number of aryl methyl sites for hydroxylation is 2. The molecule has 0 aliphatic heterocycles. The molecule has 0 atom stereocenters. The van der Waals surface area contributed by atoms with Gasteiger partial charge in [-0.2, -0.15) is 0 Å². The van der Waals surface area contributed by atoms with E-state index in [1.165, 1.54) is 0 Å². The second kappa shape index (κ2) is 5.71. The fourth-order valence-corrected chi connectivity index (χ4v) is 2.35. The molecule has 0 spiro atoms. The molecule has 3 nitrogen and oxygen atoms in total. The Morgan fingerprint density at radius 3 is 2.65 bits per heavy atom. The van der Waals surface area contributed by atoms with Crippen LogP contribution in [-0.4, -0.2) is 6.61 Å². The van der Waals surface area contributed by atoms with Crippen molar-refractivity contribution in [3.05, 3.63) is 50.9 Å². The number of halogens is 1. The standard InChI is InChI=1S/C16H17ClO3/c1-5-12-10(3)13-6-7-14(19-8-9(2)17)11(4)15(13)20-16(12)18/h6-7H,2,5,8H2,1,3-4H3. The second-order valence-electron chi connectivity index (χ2n) is 4.72. The summed E-state index contributed by atoms with van der Waals surface area (Å²) >= 11 is 5.70. The number of rotatable bonds is 4. The van der Waals surface area contributed by atoms with Crippen LogP contribution in [0.25, 0.3) is 11.0 Å². The molecule has 0 fully saturated rings. The molecule has 0 saturated carbocycles. The largest absolute Gasteiger partial charge is 0.488 e. The average molecular weight is 293 g/mol. The van der Waals surface area contributed by atoms with Gasteiger partial charge in [0.1, 0.15) is 17.9 Å². The van der Waals surface area contributed by atoms with Crippen LogP contribution in [-0.2, 0) is 6.42 Å². The highest BCUT2D eigenvalue weighted by Crippen LogP contribution is 2.29. The Bertz CT molecular complexity index is 729. The summed E-state index contributed by atoms with van der Waals surface area (Å²) in [5.74, 6) is 0.645. The number of benzene rings is 1. The van der Waals surface area contributed by atoms with Crippen LogP contribution >= 0.6 is 11.6 Å². The molecule has 1 aromatic carbocycles. The fourth-order valence-electron chi connectivity index (χ4n) is 2.29. The fraction of sp³-hybridized carbons (Fsp3) is 0.312. The van der Waals surface area contributed by atoms with Crippen molar-refractivity contribution >= 4 is 22.6 Å². The molecule has 1 heterocycles. The van der Waals surface area contributed by atoms with Crippen LogP contribution in [0.3, 0.4) is 0 Å². The SMILES string of the molecule is C=C(Cl)COc1ccc2c(C)c(CC)c(=O)oc2c1C. The average Bonchev–Trinajstić information content (AvgIpc) is 2.39. The summed E-state index contributed by atoms with van der Waals surface area (Å²) in [4.78, 5) is 12.0. The smallest absolute Gasteiger partial charge is 0.339 e. The summed E-state index contributed by atoms with van der Waals surface area (Å²) in [7, 11) is 0. The predicted octanol–water partition coefficient (Wildman–Crippen LogP) is 4.10. The molecule has 2 aromatic rings. The third kappa shape index (κ3) is 2.59. The van der Waals surface area contributed by atoms with Crippen LogP contribution in [0, 0.1) is 13.8 Å². The Morgan fingerprint density at radius 2 is 2.05 bits per heavy atom. The van der Waals surface area contributed by atoms with Gasteiger partial charge in [0, 0.05) is 21.5 Å². The maximum absolute atomic E-state index is 12.0. The molecule has 4 heteroatoms. The van der Waals surface area contributed by atoms with Gasteiger partial charge in [0.15, 0.2) is 0 Å². The molecule has 1 aromatic heterocycles. The van der Waals surface area contributed by atoms with E-state index in [2.05, 4.69) is 6.58 Å². The summed E-state index contributed by atoms with van der Waals surface area (Å²) in [5.41, 5.74) is 2.78. The molecule has 106 valence electrons. The van der Waals surface area contributed by atoms with Crippen LogP contribution < -0.4 is 10.4 Å². The normalized spacial score (nSPS) is 10.8. The van der Waals surface area contributed by atoms with Crippen molar-refractivity contribution in [1.29, 1.82) is 0 Å². The van der Waals surface area contributed by atoms with Gasteiger partial charge in [0.05, 0.1) is 0 Å². The monoisotopic (exact) mass is 292 g/mol. The lowest BCUT2D eigenvalue weighted by Gasteiger charge is -2.12. The van der Waals surface area contributed by atoms with Crippen LogP contribution in [0.4, 0.5) is 0 Å². The number of fused-ring (bicyclic) bond motifs is 1. The van der Waals surface area contributed by atoms with Gasteiger partial charge >= 0.3 is 5.63 Å². The van der Waals surface area contributed by atoms with E-state index in [0.29, 0.717) is 22.8 Å². The third-order valence-electron chi connectivity index (χ3n) is 3.39. The lowest BCUT2D eigenvalue weighted by molar-refractivity contribution is 0.356. The van der Waals surface area contributed by atoms with E-state index in [4.69, 9.17) is 20.8 Å². The van der Waals surface area contributed by atoms with E-state index >= 15 is 0 Å². The maximum atomic E-state index is 12.0. The van der Waals surface area contributed by atoms with Gasteiger partial charge in [-0.3, -0.25) is 0 Å². The van der Waals surface area contributed by atoms with Crippen molar-refractivity contribution in [2.75, 3.05) is 6.61 Å². The lowest BCUT2D eigenvalue weighted by Crippen LogP contribution is -2.10. The summed E-state index contributed by atoms with van der Waals surface area (Å²) in [6.07, 6.45) is 0.660. The van der Waals surface area contributed by atoms with Gasteiger partial charge in [-0.15, -0.1) is 0 Å². The molecule has 0 unspecified atom stereocenters.